The summed E-state index contributed by atoms with van der Waals surface area (Å²) in [4.78, 5) is 13.8. The lowest BCUT2D eigenvalue weighted by Crippen LogP contribution is -1.97. The molecular formula is C55H46ClN3. The molecule has 0 saturated carbocycles. The van der Waals surface area contributed by atoms with Crippen molar-refractivity contribution >= 4 is 11.6 Å². The molecule has 0 fully saturated rings. The van der Waals surface area contributed by atoms with Gasteiger partial charge in [-0.1, -0.05) is 210 Å². The summed E-state index contributed by atoms with van der Waals surface area (Å²) in [5.74, 6) is 1.06. The Bertz CT molecular complexity index is 2560. The second-order valence-electron chi connectivity index (χ2n) is 13.5. The number of hydrogen-bond acceptors (Lipinski definition) is 3. The number of halogens is 1. The number of hydrogen-bond donors (Lipinski definition) is 0. The fourth-order valence-corrected chi connectivity index (χ4v) is 7.17. The van der Waals surface area contributed by atoms with Gasteiger partial charge in [0.1, 0.15) is 0 Å². The minimum absolute atomic E-state index is 0.157. The Morgan fingerprint density at radius 1 is 0.237 bits per heavy atom. The van der Waals surface area contributed by atoms with E-state index in [0.29, 0.717) is 11.6 Å². The minimum atomic E-state index is 0.157. The zero-order chi connectivity index (χ0) is 41.0. The first-order chi connectivity index (χ1) is 29.1. The number of rotatable bonds is 8. The third-order valence-corrected chi connectivity index (χ3v) is 10.1. The van der Waals surface area contributed by atoms with Crippen LogP contribution in [0.15, 0.2) is 206 Å². The topological polar surface area (TPSA) is 38.7 Å². The first-order valence-corrected chi connectivity index (χ1v) is 20.7. The summed E-state index contributed by atoms with van der Waals surface area (Å²) in [6.07, 6.45) is 0. The second-order valence-corrected chi connectivity index (χ2v) is 13.8. The molecule has 0 atom stereocenters. The van der Waals surface area contributed by atoms with E-state index in [1.54, 1.807) is 0 Å². The Balaban J connectivity index is 0.00000128. The normalized spacial score (nSPS) is 10.5. The van der Waals surface area contributed by atoms with E-state index in [0.717, 1.165) is 33.4 Å². The van der Waals surface area contributed by atoms with Gasteiger partial charge >= 0.3 is 0 Å². The van der Waals surface area contributed by atoms with E-state index in [4.69, 9.17) is 16.6 Å². The highest BCUT2D eigenvalue weighted by Gasteiger charge is 2.12. The molecule has 0 bridgehead atoms. The second kappa shape index (κ2) is 19.5. The first kappa shape index (κ1) is 40.3. The quantitative estimate of drug-likeness (QED) is 0.154. The Morgan fingerprint density at radius 3 is 0.746 bits per heavy atom. The van der Waals surface area contributed by atoms with Crippen LogP contribution in [0, 0.1) is 0 Å². The van der Waals surface area contributed by atoms with Crippen LogP contribution in [-0.4, -0.2) is 15.0 Å². The van der Waals surface area contributed by atoms with Crippen molar-refractivity contribution in [1.82, 2.24) is 15.0 Å². The van der Waals surface area contributed by atoms with Crippen LogP contribution < -0.4 is 0 Å². The maximum absolute atomic E-state index is 6.49. The third-order valence-electron chi connectivity index (χ3n) is 9.89. The van der Waals surface area contributed by atoms with Gasteiger partial charge in [0, 0.05) is 11.1 Å². The van der Waals surface area contributed by atoms with Crippen LogP contribution >= 0.6 is 11.6 Å². The molecular weight excluding hydrogens is 738 g/mol. The summed E-state index contributed by atoms with van der Waals surface area (Å²) in [5, 5.41) is 0.157. The van der Waals surface area contributed by atoms with Crippen LogP contribution in [-0.2, 0) is 0 Å². The zero-order valence-electron chi connectivity index (χ0n) is 33.8. The summed E-state index contributed by atoms with van der Waals surface area (Å²) in [6.45, 7) is 8.00. The van der Waals surface area contributed by atoms with Crippen LogP contribution in [0.2, 0.25) is 5.28 Å². The molecule has 4 heteroatoms. The lowest BCUT2D eigenvalue weighted by molar-refractivity contribution is 1.07. The van der Waals surface area contributed by atoms with Gasteiger partial charge in [0.25, 0.3) is 0 Å². The molecule has 0 aliphatic heterocycles. The Hall–Kier alpha value is -6.94. The van der Waals surface area contributed by atoms with Crippen molar-refractivity contribution in [3.63, 3.8) is 0 Å². The molecule has 0 aliphatic rings. The Morgan fingerprint density at radius 2 is 0.458 bits per heavy atom. The van der Waals surface area contributed by atoms with Crippen molar-refractivity contribution < 1.29 is 0 Å². The Labute approximate surface area is 353 Å². The van der Waals surface area contributed by atoms with E-state index in [9.17, 15) is 0 Å². The van der Waals surface area contributed by atoms with Crippen molar-refractivity contribution in [2.24, 2.45) is 0 Å². The van der Waals surface area contributed by atoms with E-state index in [2.05, 4.69) is 180 Å². The van der Waals surface area contributed by atoms with Crippen molar-refractivity contribution in [3.8, 4) is 89.5 Å². The smallest absolute Gasteiger partial charge is 0.208 e. The fourth-order valence-electron chi connectivity index (χ4n) is 7.01. The summed E-state index contributed by atoms with van der Waals surface area (Å²) in [7, 11) is 0. The minimum Gasteiger partial charge on any atom is -0.208 e. The molecule has 1 heterocycles. The highest BCUT2D eigenvalue weighted by molar-refractivity contribution is 6.28. The summed E-state index contributed by atoms with van der Waals surface area (Å²) in [5.41, 5.74) is 15.7. The zero-order valence-corrected chi connectivity index (χ0v) is 34.6. The molecule has 288 valence electrons. The fraction of sp³-hybridized carbons (Fsp3) is 0.0727. The largest absolute Gasteiger partial charge is 0.226 e. The van der Waals surface area contributed by atoms with Crippen molar-refractivity contribution in [3.05, 3.63) is 212 Å². The van der Waals surface area contributed by atoms with E-state index >= 15 is 0 Å². The average Bonchev–Trinajstić information content (AvgIpc) is 3.33. The van der Waals surface area contributed by atoms with Gasteiger partial charge in [-0.15, -0.1) is 0 Å². The molecule has 1 aromatic heterocycles. The molecule has 59 heavy (non-hydrogen) atoms. The molecule has 9 aromatic rings. The number of benzene rings is 8. The van der Waals surface area contributed by atoms with Crippen LogP contribution in [0.4, 0.5) is 0 Å². The van der Waals surface area contributed by atoms with E-state index in [-0.39, 0.29) is 5.28 Å². The van der Waals surface area contributed by atoms with Gasteiger partial charge < -0.3 is 0 Å². The summed E-state index contributed by atoms with van der Waals surface area (Å²) in [6, 6.07) is 72.2. The first-order valence-electron chi connectivity index (χ1n) is 20.3. The van der Waals surface area contributed by atoms with Crippen molar-refractivity contribution in [2.45, 2.75) is 27.7 Å². The lowest BCUT2D eigenvalue weighted by Gasteiger charge is -2.10. The predicted octanol–water partition coefficient (Wildman–Crippen LogP) is 15.9. The molecule has 0 saturated heterocycles. The molecule has 9 rings (SSSR count). The highest BCUT2D eigenvalue weighted by atomic mass is 35.5. The maximum atomic E-state index is 6.49. The standard InChI is InChI=1S/C51H34ClN3.2C2H6/c52-51-54-49(39-27-23-37(24-28-39)43-17-9-21-47(33-43)45-19-7-15-41(31-45)35-11-3-1-4-12-35)53-50(55-51)40-29-25-38(26-30-40)44-18-10-22-48(34-44)46-20-8-16-42(32-46)36-13-5-2-6-14-36;2*1-2/h1-34H;2*1-2H3. The van der Waals surface area contributed by atoms with Gasteiger partial charge in [0.2, 0.25) is 5.28 Å². The van der Waals surface area contributed by atoms with Crippen LogP contribution in [0.5, 0.6) is 0 Å². The van der Waals surface area contributed by atoms with Crippen molar-refractivity contribution in [2.75, 3.05) is 0 Å². The Kier molecular flexibility index (Phi) is 13.3. The average molecular weight is 784 g/mol. The molecule has 8 aromatic carbocycles. The van der Waals surface area contributed by atoms with Gasteiger partial charge in [-0.05, 0) is 103 Å². The van der Waals surface area contributed by atoms with Gasteiger partial charge in [0.15, 0.2) is 11.6 Å². The van der Waals surface area contributed by atoms with Gasteiger partial charge in [0.05, 0.1) is 0 Å². The summed E-state index contributed by atoms with van der Waals surface area (Å²) < 4.78 is 0. The molecule has 3 nitrogen and oxygen atoms in total. The van der Waals surface area contributed by atoms with Gasteiger partial charge in [-0.2, -0.15) is 9.97 Å². The van der Waals surface area contributed by atoms with Gasteiger partial charge in [-0.25, -0.2) is 4.98 Å². The van der Waals surface area contributed by atoms with Crippen LogP contribution in [0.3, 0.4) is 0 Å². The molecule has 0 aliphatic carbocycles. The highest BCUT2D eigenvalue weighted by Crippen LogP contribution is 2.33. The van der Waals surface area contributed by atoms with Crippen LogP contribution in [0.25, 0.3) is 89.5 Å². The molecule has 0 unspecified atom stereocenters. The molecule has 0 N–H and O–H groups in total. The lowest BCUT2D eigenvalue weighted by atomic mass is 9.96. The van der Waals surface area contributed by atoms with E-state index in [1.807, 2.05) is 64.1 Å². The third kappa shape index (κ3) is 9.61. The molecule has 0 radical (unpaired) electrons. The molecule has 0 amide bonds. The molecule has 0 spiro atoms. The monoisotopic (exact) mass is 783 g/mol. The maximum Gasteiger partial charge on any atom is 0.226 e. The van der Waals surface area contributed by atoms with E-state index in [1.165, 1.54) is 44.5 Å². The number of nitrogens with zero attached hydrogens (tertiary/aromatic N) is 3. The SMILES string of the molecule is CC.CC.Clc1nc(-c2ccc(-c3cccc(-c4cccc(-c5ccccc5)c4)c3)cc2)nc(-c2ccc(-c3cccc(-c4cccc(-c5ccccc5)c4)c3)cc2)n1. The predicted molar refractivity (Wildman–Crippen MR) is 251 cm³/mol. The van der Waals surface area contributed by atoms with E-state index < -0.39 is 0 Å². The van der Waals surface area contributed by atoms with Gasteiger partial charge in [-0.3, -0.25) is 0 Å². The van der Waals surface area contributed by atoms with Crippen molar-refractivity contribution in [1.29, 1.82) is 0 Å². The number of aromatic nitrogens is 3. The summed E-state index contributed by atoms with van der Waals surface area (Å²) >= 11 is 6.49. The van der Waals surface area contributed by atoms with Crippen LogP contribution in [0.1, 0.15) is 27.7 Å².